The number of nitrogen functional groups attached to an aromatic ring is 1. The molecule has 2 aliphatic rings. The first kappa shape index (κ1) is 13.2. The number of esters is 1. The first-order chi connectivity index (χ1) is 9.70. The number of carbonyl (C=O) groups excluding carboxylic acids is 1. The van der Waals surface area contributed by atoms with Crippen LogP contribution < -0.4 is 10.6 Å². The molecule has 1 aliphatic heterocycles. The molecule has 0 spiro atoms. The molecule has 0 unspecified atom stereocenters. The minimum Gasteiger partial charge on any atom is -0.465 e. The Hall–Kier alpha value is -1.75. The van der Waals surface area contributed by atoms with Gasteiger partial charge >= 0.3 is 5.97 Å². The first-order valence-electron chi connectivity index (χ1n) is 7.16. The fourth-order valence-electron chi connectivity index (χ4n) is 2.88. The van der Waals surface area contributed by atoms with Crippen molar-refractivity contribution in [2.45, 2.75) is 18.9 Å². The van der Waals surface area contributed by atoms with Crippen LogP contribution in [0.3, 0.4) is 0 Å². The zero-order valence-electron chi connectivity index (χ0n) is 11.8. The number of anilines is 2. The van der Waals surface area contributed by atoms with Gasteiger partial charge in [-0.1, -0.05) is 6.07 Å². The van der Waals surface area contributed by atoms with Gasteiger partial charge < -0.3 is 15.4 Å². The number of carbonyl (C=O) groups is 1. The van der Waals surface area contributed by atoms with Gasteiger partial charge in [0.15, 0.2) is 0 Å². The molecule has 1 aliphatic carbocycles. The van der Waals surface area contributed by atoms with Crippen LogP contribution in [0.5, 0.6) is 0 Å². The third-order valence-electron chi connectivity index (χ3n) is 4.21. The molecule has 1 aromatic carbocycles. The van der Waals surface area contributed by atoms with Gasteiger partial charge in [0.25, 0.3) is 0 Å². The summed E-state index contributed by atoms with van der Waals surface area (Å²) in [4.78, 5) is 16.5. The molecule has 108 valence electrons. The van der Waals surface area contributed by atoms with Crippen LogP contribution in [0.4, 0.5) is 11.4 Å². The van der Waals surface area contributed by atoms with Gasteiger partial charge in [0.2, 0.25) is 0 Å². The average Bonchev–Trinajstić information content (AvgIpc) is 3.32. The molecule has 0 amide bonds. The average molecular weight is 275 g/mol. The Morgan fingerprint density at radius 1 is 1.25 bits per heavy atom. The molecule has 3 rings (SSSR count). The monoisotopic (exact) mass is 275 g/mol. The summed E-state index contributed by atoms with van der Waals surface area (Å²) in [6.45, 7) is 4.08. The molecule has 20 heavy (non-hydrogen) atoms. The molecule has 1 saturated heterocycles. The van der Waals surface area contributed by atoms with Crippen LogP contribution in [-0.4, -0.2) is 50.2 Å². The maximum atomic E-state index is 11.7. The summed E-state index contributed by atoms with van der Waals surface area (Å²) in [6, 6.07) is 6.38. The van der Waals surface area contributed by atoms with Crippen molar-refractivity contribution in [3.63, 3.8) is 0 Å². The van der Waals surface area contributed by atoms with Crippen LogP contribution in [0.25, 0.3) is 0 Å². The minimum absolute atomic E-state index is 0.374. The van der Waals surface area contributed by atoms with Gasteiger partial charge in [-0.2, -0.15) is 0 Å². The van der Waals surface area contributed by atoms with Gasteiger partial charge in [-0.15, -0.1) is 0 Å². The van der Waals surface area contributed by atoms with E-state index in [9.17, 15) is 4.79 Å². The summed E-state index contributed by atoms with van der Waals surface area (Å²) >= 11 is 0. The lowest BCUT2D eigenvalue weighted by Gasteiger charge is -2.36. The molecule has 0 aromatic heterocycles. The highest BCUT2D eigenvalue weighted by Gasteiger charge is 2.31. The summed E-state index contributed by atoms with van der Waals surface area (Å²) < 4.78 is 4.77. The van der Waals surface area contributed by atoms with E-state index in [0.29, 0.717) is 11.3 Å². The third kappa shape index (κ3) is 2.45. The lowest BCUT2D eigenvalue weighted by molar-refractivity contribution is 0.0602. The lowest BCUT2D eigenvalue weighted by atomic mass is 10.1. The second-order valence-electron chi connectivity index (χ2n) is 5.48. The molecule has 2 N–H and O–H groups in total. The van der Waals surface area contributed by atoms with Crippen molar-refractivity contribution in [1.29, 1.82) is 0 Å². The predicted molar refractivity (Wildman–Crippen MR) is 79.0 cm³/mol. The summed E-state index contributed by atoms with van der Waals surface area (Å²) in [5, 5.41) is 0. The number of rotatable bonds is 3. The van der Waals surface area contributed by atoms with E-state index in [-0.39, 0.29) is 5.97 Å². The number of nitrogens with two attached hydrogens (primary N) is 1. The predicted octanol–water partition coefficient (Wildman–Crippen LogP) is 1.34. The van der Waals surface area contributed by atoms with E-state index in [2.05, 4.69) is 9.80 Å². The van der Waals surface area contributed by atoms with Gasteiger partial charge in [0, 0.05) is 32.2 Å². The van der Waals surface area contributed by atoms with Crippen LogP contribution in [0.2, 0.25) is 0 Å². The maximum absolute atomic E-state index is 11.7. The van der Waals surface area contributed by atoms with E-state index in [0.717, 1.165) is 37.9 Å². The van der Waals surface area contributed by atoms with Gasteiger partial charge in [0.1, 0.15) is 0 Å². The van der Waals surface area contributed by atoms with Crippen molar-refractivity contribution in [2.24, 2.45) is 0 Å². The van der Waals surface area contributed by atoms with E-state index < -0.39 is 0 Å². The zero-order valence-corrected chi connectivity index (χ0v) is 11.8. The van der Waals surface area contributed by atoms with Crippen molar-refractivity contribution in [3.05, 3.63) is 23.8 Å². The second kappa shape index (κ2) is 5.32. The molecule has 1 saturated carbocycles. The molecule has 0 radical (unpaired) electrons. The molecule has 5 nitrogen and oxygen atoms in total. The SMILES string of the molecule is COC(=O)c1cccc(N2CCN(C3CC3)CC2)c1N. The molecule has 1 heterocycles. The number of hydrogen-bond donors (Lipinski definition) is 1. The molecular formula is C15H21N3O2. The number of nitrogens with zero attached hydrogens (tertiary/aromatic N) is 2. The van der Waals surface area contributed by atoms with Crippen molar-refractivity contribution in [1.82, 2.24) is 4.90 Å². The highest BCUT2D eigenvalue weighted by molar-refractivity contribution is 5.98. The molecule has 0 atom stereocenters. The lowest BCUT2D eigenvalue weighted by Crippen LogP contribution is -2.47. The third-order valence-corrected chi connectivity index (χ3v) is 4.21. The molecule has 5 heteroatoms. The van der Waals surface area contributed by atoms with Crippen molar-refractivity contribution >= 4 is 17.3 Å². The zero-order chi connectivity index (χ0) is 14.1. The summed E-state index contributed by atoms with van der Waals surface area (Å²) in [6.07, 6.45) is 2.69. The van der Waals surface area contributed by atoms with E-state index in [1.54, 1.807) is 6.07 Å². The van der Waals surface area contributed by atoms with E-state index in [1.165, 1.54) is 20.0 Å². The molecule has 0 bridgehead atoms. The van der Waals surface area contributed by atoms with Crippen LogP contribution >= 0.6 is 0 Å². The Kier molecular flexibility index (Phi) is 3.53. The topological polar surface area (TPSA) is 58.8 Å². The Morgan fingerprint density at radius 2 is 1.95 bits per heavy atom. The maximum Gasteiger partial charge on any atom is 0.340 e. The summed E-state index contributed by atoms with van der Waals surface area (Å²) in [5.41, 5.74) is 8.07. The van der Waals surface area contributed by atoms with Crippen molar-refractivity contribution in [2.75, 3.05) is 43.9 Å². The standard InChI is InChI=1S/C15H21N3O2/c1-20-15(19)12-3-2-4-13(14(12)16)18-9-7-17(8-10-18)11-5-6-11/h2-4,11H,5-10,16H2,1H3. The second-order valence-corrected chi connectivity index (χ2v) is 5.48. The Bertz CT molecular complexity index is 506. The Balaban J connectivity index is 1.75. The number of benzene rings is 1. The number of methoxy groups -OCH3 is 1. The number of piperazine rings is 1. The van der Waals surface area contributed by atoms with E-state index in [4.69, 9.17) is 10.5 Å². The van der Waals surface area contributed by atoms with Gasteiger partial charge in [-0.05, 0) is 25.0 Å². The summed E-state index contributed by atoms with van der Waals surface area (Å²) in [5.74, 6) is -0.374. The number of ether oxygens (including phenoxy) is 1. The highest BCUT2D eigenvalue weighted by Crippen LogP contribution is 2.31. The van der Waals surface area contributed by atoms with Crippen LogP contribution in [0.15, 0.2) is 18.2 Å². The number of hydrogen-bond acceptors (Lipinski definition) is 5. The van der Waals surface area contributed by atoms with Crippen LogP contribution in [0, 0.1) is 0 Å². The Morgan fingerprint density at radius 3 is 2.55 bits per heavy atom. The van der Waals surface area contributed by atoms with Crippen molar-refractivity contribution < 1.29 is 9.53 Å². The molecule has 1 aromatic rings. The Labute approximate surface area is 119 Å². The first-order valence-corrected chi connectivity index (χ1v) is 7.16. The smallest absolute Gasteiger partial charge is 0.340 e. The van der Waals surface area contributed by atoms with E-state index in [1.807, 2.05) is 12.1 Å². The highest BCUT2D eigenvalue weighted by atomic mass is 16.5. The largest absolute Gasteiger partial charge is 0.465 e. The number of para-hydroxylation sites is 1. The molecule has 2 fully saturated rings. The van der Waals surface area contributed by atoms with E-state index >= 15 is 0 Å². The fraction of sp³-hybridized carbons (Fsp3) is 0.533. The van der Waals surface area contributed by atoms with Gasteiger partial charge in [-0.3, -0.25) is 4.90 Å². The van der Waals surface area contributed by atoms with Crippen LogP contribution in [0.1, 0.15) is 23.2 Å². The fourth-order valence-corrected chi connectivity index (χ4v) is 2.88. The van der Waals surface area contributed by atoms with Crippen molar-refractivity contribution in [3.8, 4) is 0 Å². The van der Waals surface area contributed by atoms with Gasteiger partial charge in [-0.25, -0.2) is 4.79 Å². The van der Waals surface area contributed by atoms with Gasteiger partial charge in [0.05, 0.1) is 24.0 Å². The normalized spacial score (nSPS) is 19.9. The summed E-state index contributed by atoms with van der Waals surface area (Å²) in [7, 11) is 1.38. The minimum atomic E-state index is -0.374. The quantitative estimate of drug-likeness (QED) is 0.666. The van der Waals surface area contributed by atoms with Crippen LogP contribution in [-0.2, 0) is 4.74 Å². The molecular weight excluding hydrogens is 254 g/mol.